The highest BCUT2D eigenvalue weighted by Crippen LogP contribution is 2.24. The molecule has 0 saturated carbocycles. The van der Waals surface area contributed by atoms with Crippen LogP contribution in [-0.4, -0.2) is 38.0 Å². The van der Waals surface area contributed by atoms with Crippen molar-refractivity contribution in [3.63, 3.8) is 0 Å². The minimum absolute atomic E-state index is 0.224. The number of carbonyl (C=O) groups is 1. The summed E-state index contributed by atoms with van der Waals surface area (Å²) in [6.07, 6.45) is 4.79. The topological polar surface area (TPSA) is 66.5 Å². The zero-order valence-corrected chi connectivity index (χ0v) is 18.0. The number of amides is 1. The predicted octanol–water partition coefficient (Wildman–Crippen LogP) is 4.17. The van der Waals surface area contributed by atoms with Crippen LogP contribution in [-0.2, 0) is 16.6 Å². The van der Waals surface area contributed by atoms with Gasteiger partial charge in [0, 0.05) is 24.5 Å². The molecule has 5 nitrogen and oxygen atoms in total. The van der Waals surface area contributed by atoms with E-state index in [0.717, 1.165) is 29.7 Å². The van der Waals surface area contributed by atoms with Gasteiger partial charge in [-0.2, -0.15) is 4.31 Å². The van der Waals surface area contributed by atoms with Crippen molar-refractivity contribution in [1.29, 1.82) is 0 Å². The van der Waals surface area contributed by atoms with E-state index in [1.54, 1.807) is 40.7 Å². The van der Waals surface area contributed by atoms with Gasteiger partial charge in [-0.05, 0) is 55.0 Å². The van der Waals surface area contributed by atoms with Crippen molar-refractivity contribution in [2.75, 3.05) is 19.3 Å². The van der Waals surface area contributed by atoms with Crippen molar-refractivity contribution in [3.8, 4) is 0 Å². The molecule has 1 heterocycles. The van der Waals surface area contributed by atoms with Crippen LogP contribution in [0.5, 0.6) is 0 Å². The highest BCUT2D eigenvalue weighted by molar-refractivity contribution is 7.98. The van der Waals surface area contributed by atoms with E-state index in [0.29, 0.717) is 23.7 Å². The van der Waals surface area contributed by atoms with E-state index < -0.39 is 10.0 Å². The first-order chi connectivity index (χ1) is 13.4. The van der Waals surface area contributed by atoms with E-state index in [4.69, 9.17) is 11.6 Å². The van der Waals surface area contributed by atoms with Crippen molar-refractivity contribution in [2.45, 2.75) is 35.6 Å². The van der Waals surface area contributed by atoms with Crippen LogP contribution in [0.15, 0.2) is 52.3 Å². The molecule has 1 aliphatic rings. The Morgan fingerprint density at radius 3 is 2.61 bits per heavy atom. The smallest absolute Gasteiger partial charge is 0.253 e. The number of carbonyl (C=O) groups excluding carboxylic acids is 1. The van der Waals surface area contributed by atoms with E-state index in [1.165, 1.54) is 11.8 Å². The molecule has 0 aromatic heterocycles. The molecule has 0 aliphatic carbocycles. The van der Waals surface area contributed by atoms with Gasteiger partial charge in [-0.1, -0.05) is 30.2 Å². The summed E-state index contributed by atoms with van der Waals surface area (Å²) in [6, 6.07) is 12.1. The number of nitrogens with one attached hydrogen (secondary N) is 1. The Morgan fingerprint density at radius 2 is 1.89 bits per heavy atom. The maximum Gasteiger partial charge on any atom is 0.253 e. The summed E-state index contributed by atoms with van der Waals surface area (Å²) in [6.45, 7) is 1.35. The molecule has 1 aliphatic heterocycles. The molecule has 0 radical (unpaired) electrons. The van der Waals surface area contributed by atoms with Gasteiger partial charge in [-0.25, -0.2) is 8.42 Å². The third-order valence-electron chi connectivity index (χ3n) is 4.72. The van der Waals surface area contributed by atoms with Crippen molar-refractivity contribution < 1.29 is 13.2 Å². The molecule has 1 amide bonds. The molecular formula is C20H23ClN2O3S2. The molecule has 150 valence electrons. The Bertz CT molecular complexity index is 958. The molecule has 2 aromatic rings. The van der Waals surface area contributed by atoms with Gasteiger partial charge in [0.05, 0.1) is 15.5 Å². The Balaban J connectivity index is 1.72. The van der Waals surface area contributed by atoms with Crippen molar-refractivity contribution in [3.05, 3.63) is 58.6 Å². The van der Waals surface area contributed by atoms with Crippen molar-refractivity contribution >= 4 is 39.3 Å². The fourth-order valence-electron chi connectivity index (χ4n) is 3.15. The third kappa shape index (κ3) is 4.89. The summed E-state index contributed by atoms with van der Waals surface area (Å²) < 4.78 is 27.2. The fourth-order valence-corrected chi connectivity index (χ4v) is 5.38. The minimum atomic E-state index is -3.49. The number of benzene rings is 2. The molecule has 28 heavy (non-hydrogen) atoms. The maximum atomic E-state index is 12.8. The average Bonchev–Trinajstić information content (AvgIpc) is 2.73. The van der Waals surface area contributed by atoms with Crippen LogP contribution in [0.2, 0.25) is 5.02 Å². The summed E-state index contributed by atoms with van der Waals surface area (Å²) >= 11 is 7.68. The van der Waals surface area contributed by atoms with Gasteiger partial charge in [0.25, 0.3) is 5.91 Å². The van der Waals surface area contributed by atoms with E-state index in [2.05, 4.69) is 5.32 Å². The monoisotopic (exact) mass is 438 g/mol. The highest BCUT2D eigenvalue weighted by atomic mass is 35.5. The van der Waals surface area contributed by atoms with E-state index in [9.17, 15) is 13.2 Å². The second-order valence-electron chi connectivity index (χ2n) is 6.64. The van der Waals surface area contributed by atoms with Gasteiger partial charge < -0.3 is 5.32 Å². The largest absolute Gasteiger partial charge is 0.348 e. The SMILES string of the molecule is CSc1ccc(Cl)c(C(=O)NCc2cccc(S(=O)(=O)N3CCCCC3)c2)c1. The van der Waals surface area contributed by atoms with Crippen molar-refractivity contribution in [1.82, 2.24) is 9.62 Å². The van der Waals surface area contributed by atoms with E-state index >= 15 is 0 Å². The molecule has 1 N–H and O–H groups in total. The van der Waals surface area contributed by atoms with Crippen LogP contribution < -0.4 is 5.32 Å². The zero-order valence-electron chi connectivity index (χ0n) is 15.7. The summed E-state index contributed by atoms with van der Waals surface area (Å²) in [5, 5.41) is 3.21. The first-order valence-electron chi connectivity index (χ1n) is 9.12. The summed E-state index contributed by atoms with van der Waals surface area (Å²) in [5.41, 5.74) is 1.13. The number of sulfonamides is 1. The number of nitrogens with zero attached hydrogens (tertiary/aromatic N) is 1. The fraction of sp³-hybridized carbons (Fsp3) is 0.350. The first-order valence-corrected chi connectivity index (χ1v) is 12.2. The second-order valence-corrected chi connectivity index (χ2v) is 9.87. The Kier molecular flexibility index (Phi) is 7.04. The lowest BCUT2D eigenvalue weighted by Gasteiger charge is -2.26. The summed E-state index contributed by atoms with van der Waals surface area (Å²) in [7, 11) is -3.49. The Hall–Kier alpha value is -1.54. The van der Waals surface area contributed by atoms with Crippen LogP contribution in [0.3, 0.4) is 0 Å². The molecule has 3 rings (SSSR count). The van der Waals surface area contributed by atoms with E-state index in [1.807, 2.05) is 12.3 Å². The predicted molar refractivity (Wildman–Crippen MR) is 113 cm³/mol. The van der Waals surface area contributed by atoms with Crippen LogP contribution in [0.1, 0.15) is 35.2 Å². The molecule has 2 aromatic carbocycles. The molecular weight excluding hydrogens is 416 g/mol. The standard InChI is InChI=1S/C20H23ClN2O3S2/c1-27-16-8-9-19(21)18(13-16)20(24)22-14-15-6-5-7-17(12-15)28(25,26)23-10-3-2-4-11-23/h5-9,12-13H,2-4,10-11,14H2,1H3,(H,22,24). The van der Waals surface area contributed by atoms with Crippen LogP contribution >= 0.6 is 23.4 Å². The number of hydrogen-bond acceptors (Lipinski definition) is 4. The molecule has 0 unspecified atom stereocenters. The maximum absolute atomic E-state index is 12.8. The van der Waals surface area contributed by atoms with Gasteiger partial charge in [-0.15, -0.1) is 11.8 Å². The first kappa shape index (κ1) is 21.2. The molecule has 1 fully saturated rings. The number of halogens is 1. The van der Waals surface area contributed by atoms with Crippen LogP contribution in [0, 0.1) is 0 Å². The molecule has 8 heteroatoms. The average molecular weight is 439 g/mol. The molecule has 0 atom stereocenters. The highest BCUT2D eigenvalue weighted by Gasteiger charge is 2.26. The Labute approximate surface area is 175 Å². The number of thioether (sulfide) groups is 1. The molecule has 0 spiro atoms. The molecule has 0 bridgehead atoms. The number of hydrogen-bond donors (Lipinski definition) is 1. The van der Waals surface area contributed by atoms with Gasteiger partial charge in [0.1, 0.15) is 0 Å². The number of rotatable bonds is 6. The number of piperidine rings is 1. The van der Waals surface area contributed by atoms with Crippen LogP contribution in [0.4, 0.5) is 0 Å². The van der Waals surface area contributed by atoms with Gasteiger partial charge in [-0.3, -0.25) is 4.79 Å². The van der Waals surface area contributed by atoms with Crippen LogP contribution in [0.25, 0.3) is 0 Å². The van der Waals surface area contributed by atoms with Gasteiger partial charge in [0.15, 0.2) is 0 Å². The lowest BCUT2D eigenvalue weighted by molar-refractivity contribution is 0.0951. The lowest BCUT2D eigenvalue weighted by atomic mass is 10.2. The van der Waals surface area contributed by atoms with Gasteiger partial charge in [0.2, 0.25) is 10.0 Å². The third-order valence-corrected chi connectivity index (χ3v) is 7.67. The minimum Gasteiger partial charge on any atom is -0.348 e. The zero-order chi connectivity index (χ0) is 20.1. The van der Waals surface area contributed by atoms with Crippen molar-refractivity contribution in [2.24, 2.45) is 0 Å². The summed E-state index contributed by atoms with van der Waals surface area (Å²) in [4.78, 5) is 13.7. The second kappa shape index (κ2) is 9.31. The molecule has 1 saturated heterocycles. The van der Waals surface area contributed by atoms with Gasteiger partial charge >= 0.3 is 0 Å². The lowest BCUT2D eigenvalue weighted by Crippen LogP contribution is -2.35. The quantitative estimate of drug-likeness (QED) is 0.687. The Morgan fingerprint density at radius 1 is 1.14 bits per heavy atom. The van der Waals surface area contributed by atoms with E-state index in [-0.39, 0.29) is 17.3 Å². The summed E-state index contributed by atoms with van der Waals surface area (Å²) in [5.74, 6) is -0.287. The normalized spacial score (nSPS) is 15.4.